The molecule has 0 unspecified atom stereocenters. The largest absolute Gasteiger partial charge is 0.372 e. The molecule has 1 heteroatoms. The topological polar surface area (TPSA) is 9.23 Å². The zero-order valence-electron chi connectivity index (χ0n) is 12.8. The Labute approximate surface area is 132 Å². The molecule has 110 valence electrons. The molecule has 0 aliphatic carbocycles. The van der Waals surface area contributed by atoms with Gasteiger partial charge in [-0.05, 0) is 34.7 Å². The van der Waals surface area contributed by atoms with Gasteiger partial charge in [-0.15, -0.1) is 0 Å². The maximum Gasteiger partial charge on any atom is 0.0727 e. The van der Waals surface area contributed by atoms with Crippen molar-refractivity contribution in [1.82, 2.24) is 0 Å². The van der Waals surface area contributed by atoms with E-state index < -0.39 is 0 Å². The summed E-state index contributed by atoms with van der Waals surface area (Å²) in [6.45, 7) is 3.42. The third-order valence-corrected chi connectivity index (χ3v) is 3.82. The Morgan fingerprint density at radius 2 is 1.27 bits per heavy atom. The third-order valence-electron chi connectivity index (χ3n) is 3.82. The molecule has 0 bridgehead atoms. The second kappa shape index (κ2) is 7.06. The second-order valence-electron chi connectivity index (χ2n) is 5.45. The van der Waals surface area contributed by atoms with E-state index in [1.165, 1.54) is 27.8 Å². The average molecular weight is 288 g/mol. The van der Waals surface area contributed by atoms with Crippen LogP contribution < -0.4 is 0 Å². The molecule has 3 aromatic rings. The summed E-state index contributed by atoms with van der Waals surface area (Å²) in [6, 6.07) is 27.2. The van der Waals surface area contributed by atoms with Crippen LogP contribution in [0.25, 0.3) is 11.1 Å². The molecule has 3 aromatic carbocycles. The monoisotopic (exact) mass is 288 g/mol. The van der Waals surface area contributed by atoms with Gasteiger partial charge in [-0.25, -0.2) is 0 Å². The van der Waals surface area contributed by atoms with E-state index in [1.807, 2.05) is 18.2 Å². The summed E-state index contributed by atoms with van der Waals surface area (Å²) in [5.41, 5.74) is 6.26. The van der Waals surface area contributed by atoms with Gasteiger partial charge in [0.15, 0.2) is 0 Å². The summed E-state index contributed by atoms with van der Waals surface area (Å²) < 4.78 is 5.91. The smallest absolute Gasteiger partial charge is 0.0727 e. The Kier molecular flexibility index (Phi) is 4.67. The van der Waals surface area contributed by atoms with Crippen molar-refractivity contribution in [3.8, 4) is 11.1 Å². The van der Waals surface area contributed by atoms with E-state index in [-0.39, 0.29) is 0 Å². The van der Waals surface area contributed by atoms with Crippen LogP contribution in [0.4, 0.5) is 0 Å². The van der Waals surface area contributed by atoms with E-state index in [0.29, 0.717) is 13.2 Å². The molecular weight excluding hydrogens is 268 g/mol. The van der Waals surface area contributed by atoms with Crippen LogP contribution in [0.5, 0.6) is 0 Å². The first-order valence-electron chi connectivity index (χ1n) is 7.60. The lowest BCUT2D eigenvalue weighted by Gasteiger charge is -2.12. The Morgan fingerprint density at radius 1 is 0.636 bits per heavy atom. The van der Waals surface area contributed by atoms with Crippen LogP contribution in [0.15, 0.2) is 78.9 Å². The van der Waals surface area contributed by atoms with Crippen LogP contribution in [0.1, 0.15) is 16.7 Å². The van der Waals surface area contributed by atoms with E-state index in [2.05, 4.69) is 67.6 Å². The highest BCUT2D eigenvalue weighted by atomic mass is 16.5. The van der Waals surface area contributed by atoms with Crippen LogP contribution in [-0.4, -0.2) is 0 Å². The van der Waals surface area contributed by atoms with Crippen molar-refractivity contribution in [2.45, 2.75) is 20.1 Å². The molecular formula is C21H20O. The van der Waals surface area contributed by atoms with Crippen LogP contribution in [-0.2, 0) is 18.0 Å². The molecule has 3 rings (SSSR count). The number of rotatable bonds is 5. The van der Waals surface area contributed by atoms with Gasteiger partial charge in [0.05, 0.1) is 13.2 Å². The number of aryl methyl sites for hydroxylation is 1. The van der Waals surface area contributed by atoms with Crippen molar-refractivity contribution in [2.75, 3.05) is 0 Å². The van der Waals surface area contributed by atoms with Gasteiger partial charge in [-0.1, -0.05) is 78.9 Å². The zero-order valence-corrected chi connectivity index (χ0v) is 12.8. The maximum absolute atomic E-state index is 5.91. The first-order chi connectivity index (χ1) is 10.8. The summed E-state index contributed by atoms with van der Waals surface area (Å²) in [4.78, 5) is 0. The van der Waals surface area contributed by atoms with Gasteiger partial charge in [0.2, 0.25) is 0 Å². The standard InChI is InChI=1S/C21H20O/c1-17-9-5-7-13-20(17)21-14-8-6-12-19(21)16-22-15-18-10-3-2-4-11-18/h2-14H,15-16H2,1H3. The Morgan fingerprint density at radius 3 is 2.05 bits per heavy atom. The molecule has 0 aromatic heterocycles. The number of hydrogen-bond acceptors (Lipinski definition) is 1. The van der Waals surface area contributed by atoms with Gasteiger partial charge in [0, 0.05) is 0 Å². The van der Waals surface area contributed by atoms with Crippen LogP contribution in [0.3, 0.4) is 0 Å². The molecule has 0 aliphatic heterocycles. The highest BCUT2D eigenvalue weighted by Gasteiger charge is 2.06. The van der Waals surface area contributed by atoms with Crippen LogP contribution >= 0.6 is 0 Å². The number of benzene rings is 3. The lowest BCUT2D eigenvalue weighted by Crippen LogP contribution is -1.97. The normalized spacial score (nSPS) is 10.6. The van der Waals surface area contributed by atoms with E-state index in [9.17, 15) is 0 Å². The van der Waals surface area contributed by atoms with E-state index in [1.54, 1.807) is 0 Å². The van der Waals surface area contributed by atoms with Crippen molar-refractivity contribution in [1.29, 1.82) is 0 Å². The van der Waals surface area contributed by atoms with Gasteiger partial charge in [-0.2, -0.15) is 0 Å². The van der Waals surface area contributed by atoms with E-state index in [4.69, 9.17) is 4.74 Å². The first kappa shape index (κ1) is 14.6. The fourth-order valence-corrected chi connectivity index (χ4v) is 2.64. The number of hydrogen-bond donors (Lipinski definition) is 0. The minimum atomic E-state index is 0.624. The van der Waals surface area contributed by atoms with Gasteiger partial charge in [-0.3, -0.25) is 0 Å². The van der Waals surface area contributed by atoms with Crippen molar-refractivity contribution in [3.05, 3.63) is 95.6 Å². The van der Waals surface area contributed by atoms with E-state index in [0.717, 1.165) is 0 Å². The molecule has 0 fully saturated rings. The summed E-state index contributed by atoms with van der Waals surface area (Å²) in [5.74, 6) is 0. The summed E-state index contributed by atoms with van der Waals surface area (Å²) >= 11 is 0. The third kappa shape index (κ3) is 3.44. The van der Waals surface area contributed by atoms with Crippen molar-refractivity contribution >= 4 is 0 Å². The maximum atomic E-state index is 5.91. The van der Waals surface area contributed by atoms with Crippen molar-refractivity contribution in [3.63, 3.8) is 0 Å². The van der Waals surface area contributed by atoms with Gasteiger partial charge >= 0.3 is 0 Å². The van der Waals surface area contributed by atoms with Gasteiger partial charge in [0.25, 0.3) is 0 Å². The Hall–Kier alpha value is -2.38. The first-order valence-corrected chi connectivity index (χ1v) is 7.60. The molecule has 0 amide bonds. The summed E-state index contributed by atoms with van der Waals surface area (Å²) in [7, 11) is 0. The fourth-order valence-electron chi connectivity index (χ4n) is 2.64. The van der Waals surface area contributed by atoms with Crippen molar-refractivity contribution in [2.24, 2.45) is 0 Å². The second-order valence-corrected chi connectivity index (χ2v) is 5.45. The quantitative estimate of drug-likeness (QED) is 0.612. The predicted molar refractivity (Wildman–Crippen MR) is 91.6 cm³/mol. The van der Waals surface area contributed by atoms with Crippen LogP contribution in [0.2, 0.25) is 0 Å². The summed E-state index contributed by atoms with van der Waals surface area (Å²) in [6.07, 6.45) is 0. The molecule has 1 nitrogen and oxygen atoms in total. The highest BCUT2D eigenvalue weighted by Crippen LogP contribution is 2.27. The highest BCUT2D eigenvalue weighted by molar-refractivity contribution is 5.70. The number of ether oxygens (including phenoxy) is 1. The van der Waals surface area contributed by atoms with Crippen molar-refractivity contribution < 1.29 is 4.74 Å². The zero-order chi connectivity index (χ0) is 15.2. The van der Waals surface area contributed by atoms with Gasteiger partial charge < -0.3 is 4.74 Å². The Bertz CT molecular complexity index is 732. The molecule has 0 saturated heterocycles. The molecule has 0 atom stereocenters. The molecule has 0 radical (unpaired) electrons. The molecule has 0 N–H and O–H groups in total. The minimum absolute atomic E-state index is 0.624. The Balaban J connectivity index is 1.76. The molecule has 22 heavy (non-hydrogen) atoms. The fraction of sp³-hybridized carbons (Fsp3) is 0.143. The SMILES string of the molecule is Cc1ccccc1-c1ccccc1COCc1ccccc1. The molecule has 0 spiro atoms. The van der Waals surface area contributed by atoms with Crippen LogP contribution in [0, 0.1) is 6.92 Å². The van der Waals surface area contributed by atoms with E-state index >= 15 is 0 Å². The average Bonchev–Trinajstić information content (AvgIpc) is 2.57. The van der Waals surface area contributed by atoms with Gasteiger partial charge in [0.1, 0.15) is 0 Å². The molecule has 0 saturated carbocycles. The molecule has 0 heterocycles. The molecule has 0 aliphatic rings. The lowest BCUT2D eigenvalue weighted by molar-refractivity contribution is 0.107. The summed E-state index contributed by atoms with van der Waals surface area (Å²) in [5, 5.41) is 0. The minimum Gasteiger partial charge on any atom is -0.372 e. The lowest BCUT2D eigenvalue weighted by atomic mass is 9.96. The predicted octanol–water partition coefficient (Wildman–Crippen LogP) is 5.38.